The van der Waals surface area contributed by atoms with Gasteiger partial charge in [-0.2, -0.15) is 0 Å². The lowest BCUT2D eigenvalue weighted by atomic mass is 9.86. The molecule has 0 saturated carbocycles. The number of methoxy groups -OCH3 is 1. The van der Waals surface area contributed by atoms with Gasteiger partial charge in [-0.1, -0.05) is 13.8 Å². The molecule has 1 fully saturated rings. The summed E-state index contributed by atoms with van der Waals surface area (Å²) in [6.45, 7) is 10.7. The van der Waals surface area contributed by atoms with Crippen LogP contribution < -0.4 is 10.1 Å². The van der Waals surface area contributed by atoms with Crippen LogP contribution in [0.15, 0.2) is 24.3 Å². The third-order valence-electron chi connectivity index (χ3n) is 8.13. The van der Waals surface area contributed by atoms with Crippen molar-refractivity contribution in [3.63, 3.8) is 0 Å². The highest BCUT2D eigenvalue weighted by molar-refractivity contribution is 5.99. The van der Waals surface area contributed by atoms with Crippen LogP contribution in [-0.2, 0) is 37.4 Å². The summed E-state index contributed by atoms with van der Waals surface area (Å²) in [7, 11) is 1.53. The number of pyridine rings is 1. The molecule has 9 nitrogen and oxygen atoms in total. The summed E-state index contributed by atoms with van der Waals surface area (Å²) < 4.78 is 25.8. The fourth-order valence-corrected chi connectivity index (χ4v) is 6.22. The molecule has 5 rings (SSSR count). The lowest BCUT2D eigenvalue weighted by molar-refractivity contribution is -0.160. The Hall–Kier alpha value is -3.53. The number of benzene rings is 1. The van der Waals surface area contributed by atoms with Gasteiger partial charge in [0.1, 0.15) is 17.5 Å². The molecule has 1 aromatic carbocycles. The highest BCUT2D eigenvalue weighted by Gasteiger charge is 2.43. The number of fused-ring (bicyclic) bond motifs is 2. The maximum Gasteiger partial charge on any atom is 0.320 e. The molecule has 0 spiro atoms. The molecule has 1 aliphatic carbocycles. The number of anilines is 1. The summed E-state index contributed by atoms with van der Waals surface area (Å²) in [5.74, 6) is -1.16. The van der Waals surface area contributed by atoms with Crippen molar-refractivity contribution in [2.75, 3.05) is 38.6 Å². The van der Waals surface area contributed by atoms with E-state index in [1.54, 1.807) is 17.0 Å². The summed E-state index contributed by atoms with van der Waals surface area (Å²) in [6, 6.07) is 5.72. The Kier molecular flexibility index (Phi) is 7.57. The lowest BCUT2D eigenvalue weighted by Crippen LogP contribution is -2.58. The van der Waals surface area contributed by atoms with Gasteiger partial charge in [-0.3, -0.25) is 19.3 Å². The third kappa shape index (κ3) is 5.93. The van der Waals surface area contributed by atoms with E-state index in [0.29, 0.717) is 54.4 Å². The molecule has 0 bridgehead atoms. The number of rotatable bonds is 6. The number of nitrogens with zero attached hydrogens (tertiary/aromatic N) is 3. The topological polar surface area (TPSA) is 101 Å². The minimum absolute atomic E-state index is 0.109. The molecule has 41 heavy (non-hydrogen) atoms. The van der Waals surface area contributed by atoms with Gasteiger partial charge in [0.2, 0.25) is 11.8 Å². The van der Waals surface area contributed by atoms with Crippen molar-refractivity contribution in [2.45, 2.75) is 70.9 Å². The normalized spacial score (nSPS) is 20.1. The highest BCUT2D eigenvalue weighted by atomic mass is 19.1. The summed E-state index contributed by atoms with van der Waals surface area (Å²) in [5, 5.41) is 2.89. The molecule has 2 aliphatic heterocycles. The number of aromatic nitrogens is 1. The van der Waals surface area contributed by atoms with Crippen LogP contribution in [0.5, 0.6) is 5.88 Å². The summed E-state index contributed by atoms with van der Waals surface area (Å²) in [4.78, 5) is 47.8. The van der Waals surface area contributed by atoms with Crippen molar-refractivity contribution >= 4 is 23.5 Å². The fraction of sp³-hybridized carbons (Fsp3) is 0.548. The first-order valence-corrected chi connectivity index (χ1v) is 14.2. The van der Waals surface area contributed by atoms with Gasteiger partial charge in [-0.15, -0.1) is 0 Å². The van der Waals surface area contributed by atoms with Crippen molar-refractivity contribution in [1.82, 2.24) is 14.8 Å². The van der Waals surface area contributed by atoms with Gasteiger partial charge in [-0.25, -0.2) is 9.37 Å². The van der Waals surface area contributed by atoms with E-state index in [1.165, 1.54) is 13.2 Å². The second-order valence-electron chi connectivity index (χ2n) is 12.9. The number of aryl methyl sites for hydroxylation is 1. The average Bonchev–Trinajstić information content (AvgIpc) is 3.17. The number of hydrogen-bond acceptors (Lipinski definition) is 7. The van der Waals surface area contributed by atoms with E-state index in [-0.39, 0.29) is 35.6 Å². The summed E-state index contributed by atoms with van der Waals surface area (Å²) >= 11 is 0. The van der Waals surface area contributed by atoms with Crippen LogP contribution in [0.1, 0.15) is 69.5 Å². The predicted molar refractivity (Wildman–Crippen MR) is 151 cm³/mol. The van der Waals surface area contributed by atoms with E-state index >= 15 is 4.39 Å². The smallest absolute Gasteiger partial charge is 0.320 e. The van der Waals surface area contributed by atoms with Gasteiger partial charge in [0, 0.05) is 43.4 Å². The number of halogens is 1. The van der Waals surface area contributed by atoms with E-state index in [2.05, 4.69) is 10.3 Å². The van der Waals surface area contributed by atoms with Gasteiger partial charge in [0.25, 0.3) is 5.91 Å². The molecule has 10 heteroatoms. The van der Waals surface area contributed by atoms with Crippen molar-refractivity contribution in [2.24, 2.45) is 5.92 Å². The van der Waals surface area contributed by atoms with Crippen LogP contribution in [-0.4, -0.2) is 71.5 Å². The highest BCUT2D eigenvalue weighted by Crippen LogP contribution is 2.41. The zero-order chi connectivity index (χ0) is 29.7. The second-order valence-corrected chi connectivity index (χ2v) is 12.9. The molecule has 3 aliphatic rings. The van der Waals surface area contributed by atoms with Crippen LogP contribution in [0.4, 0.5) is 10.1 Å². The summed E-state index contributed by atoms with van der Waals surface area (Å²) in [5.41, 5.74) is 2.45. The fourth-order valence-electron chi connectivity index (χ4n) is 6.22. The number of ether oxygens (including phenoxy) is 2. The minimum Gasteiger partial charge on any atom is -0.481 e. The van der Waals surface area contributed by atoms with Crippen molar-refractivity contribution in [3.05, 3.63) is 52.5 Å². The van der Waals surface area contributed by atoms with Crippen molar-refractivity contribution in [1.29, 1.82) is 0 Å². The first-order chi connectivity index (χ1) is 19.3. The van der Waals surface area contributed by atoms with Gasteiger partial charge in [0.15, 0.2) is 0 Å². The molecular formula is C31H39FN4O5. The minimum atomic E-state index is -0.933. The quantitative estimate of drug-likeness (QED) is 0.531. The Morgan fingerprint density at radius 2 is 1.88 bits per heavy atom. The first kappa shape index (κ1) is 29.0. The molecule has 2 aromatic rings. The Morgan fingerprint density at radius 1 is 1.15 bits per heavy atom. The molecule has 1 saturated heterocycles. The van der Waals surface area contributed by atoms with Crippen LogP contribution in [0.2, 0.25) is 0 Å². The molecule has 1 atom stereocenters. The van der Waals surface area contributed by atoms with Crippen molar-refractivity contribution < 1.29 is 28.2 Å². The van der Waals surface area contributed by atoms with Gasteiger partial charge in [0.05, 0.1) is 25.3 Å². The Morgan fingerprint density at radius 3 is 2.56 bits per heavy atom. The number of likely N-dealkylation sites (tertiary alicyclic amines) is 1. The van der Waals surface area contributed by atoms with E-state index in [4.69, 9.17) is 9.47 Å². The number of nitrogens with one attached hydrogen (secondary N) is 1. The molecule has 220 valence electrons. The number of carbonyl (C=O) groups is 3. The van der Waals surface area contributed by atoms with Crippen LogP contribution in [0.25, 0.3) is 0 Å². The number of carbonyl (C=O) groups excluding carboxylic acids is 3. The predicted octanol–water partition coefficient (Wildman–Crippen LogP) is 3.79. The maximum atomic E-state index is 15.2. The third-order valence-corrected chi connectivity index (χ3v) is 8.13. The largest absolute Gasteiger partial charge is 0.481 e. The molecule has 1 N–H and O–H groups in total. The van der Waals surface area contributed by atoms with Crippen LogP contribution in [0, 0.1) is 11.7 Å². The van der Waals surface area contributed by atoms with Crippen molar-refractivity contribution in [3.8, 4) is 5.88 Å². The summed E-state index contributed by atoms with van der Waals surface area (Å²) in [6.07, 6.45) is 2.05. The SMILES string of the molecule is COc1ccc2c(n1)CCN(C(=O)C1CN(CC(=O)OC(C)(C)C)C1)[C@H]2C(=O)Nc1cc(F)c2c(c1)CCC2(C)C. The first-order valence-electron chi connectivity index (χ1n) is 14.2. The van der Waals surface area contributed by atoms with Gasteiger partial charge >= 0.3 is 5.97 Å². The van der Waals surface area contributed by atoms with Gasteiger partial charge < -0.3 is 19.7 Å². The lowest BCUT2D eigenvalue weighted by Gasteiger charge is -2.43. The number of hydrogen-bond donors (Lipinski definition) is 1. The van der Waals surface area contributed by atoms with E-state index in [9.17, 15) is 14.4 Å². The molecule has 0 unspecified atom stereocenters. The zero-order valence-electron chi connectivity index (χ0n) is 24.7. The Bertz CT molecular complexity index is 1380. The molecule has 2 amide bonds. The van der Waals surface area contributed by atoms with Crippen LogP contribution in [0.3, 0.4) is 0 Å². The molecular weight excluding hydrogens is 527 g/mol. The zero-order valence-corrected chi connectivity index (χ0v) is 24.7. The standard InChI is InChI=1S/C31H39FN4O5/c1-30(2,3)41-25(37)17-35-15-19(16-35)29(39)36-12-10-23-21(7-8-24(34-23)40-6)27(36)28(38)33-20-13-18-9-11-31(4,5)26(18)22(32)14-20/h7-8,13-14,19,27H,9-12,15-17H2,1-6H3,(H,33,38)/t27-/m1/s1. The van der Waals surface area contributed by atoms with Crippen LogP contribution >= 0.6 is 0 Å². The number of amides is 2. The molecule has 3 heterocycles. The molecule has 0 radical (unpaired) electrons. The maximum absolute atomic E-state index is 15.2. The monoisotopic (exact) mass is 566 g/mol. The second kappa shape index (κ2) is 10.7. The molecule has 1 aromatic heterocycles. The van der Waals surface area contributed by atoms with E-state index in [0.717, 1.165) is 18.4 Å². The Balaban J connectivity index is 1.35. The van der Waals surface area contributed by atoms with E-state index in [1.807, 2.05) is 45.6 Å². The average molecular weight is 567 g/mol. The Labute approximate surface area is 240 Å². The number of esters is 1. The van der Waals surface area contributed by atoms with Gasteiger partial charge in [-0.05, 0) is 68.4 Å². The van der Waals surface area contributed by atoms with E-state index < -0.39 is 17.6 Å².